The van der Waals surface area contributed by atoms with Crippen LogP contribution in [0.4, 0.5) is 0 Å². The molecule has 6 nitrogen and oxygen atoms in total. The highest BCUT2D eigenvalue weighted by molar-refractivity contribution is 6.06. The van der Waals surface area contributed by atoms with E-state index in [0.717, 1.165) is 12.0 Å². The Kier molecular flexibility index (Phi) is 3.50. The summed E-state index contributed by atoms with van der Waals surface area (Å²) in [4.78, 5) is 26.8. The smallest absolute Gasteiger partial charge is 0.206 e. The van der Waals surface area contributed by atoms with E-state index in [2.05, 4.69) is 6.92 Å². The molecule has 1 aliphatic heterocycles. The first-order valence-electron chi connectivity index (χ1n) is 11.5. The lowest BCUT2D eigenvalue weighted by Gasteiger charge is -2.63. The van der Waals surface area contributed by atoms with Gasteiger partial charge in [0.1, 0.15) is 5.60 Å². The van der Waals surface area contributed by atoms with Gasteiger partial charge in [0.05, 0.1) is 35.6 Å². The Balaban J connectivity index is 1.60. The van der Waals surface area contributed by atoms with Crippen molar-refractivity contribution >= 4 is 11.6 Å². The van der Waals surface area contributed by atoms with Gasteiger partial charge in [-0.25, -0.2) is 0 Å². The monoisotopic (exact) mass is 438 g/mol. The highest BCUT2D eigenvalue weighted by Gasteiger charge is 2.88. The van der Waals surface area contributed by atoms with Gasteiger partial charge in [-0.2, -0.15) is 0 Å². The molecule has 8 atom stereocenters. The third-order valence-corrected chi connectivity index (χ3v) is 10.1. The molecule has 1 spiro atoms. The molecule has 1 saturated heterocycles. The van der Waals surface area contributed by atoms with E-state index in [4.69, 9.17) is 9.15 Å². The summed E-state index contributed by atoms with van der Waals surface area (Å²) in [7, 11) is 0. The average Bonchev–Trinajstić information content (AvgIpc) is 3.08. The van der Waals surface area contributed by atoms with Crippen molar-refractivity contribution in [2.24, 2.45) is 27.6 Å². The van der Waals surface area contributed by atoms with Crippen molar-refractivity contribution in [3.8, 4) is 0 Å². The van der Waals surface area contributed by atoms with Crippen LogP contribution in [0.3, 0.4) is 0 Å². The van der Waals surface area contributed by atoms with Crippen LogP contribution in [0.15, 0.2) is 46.5 Å². The Morgan fingerprint density at radius 1 is 1.12 bits per heavy atom. The number of aliphatic hydroxyl groups is 2. The fraction of sp³-hybridized carbons (Fsp3) is 0.615. The molecule has 6 heteroatoms. The minimum Gasteiger partial charge on any atom is -0.504 e. The second-order valence-corrected chi connectivity index (χ2v) is 11.7. The van der Waals surface area contributed by atoms with E-state index in [1.807, 2.05) is 19.9 Å². The van der Waals surface area contributed by atoms with E-state index in [-0.39, 0.29) is 23.6 Å². The number of hydrogen-bond donors (Lipinski definition) is 2. The van der Waals surface area contributed by atoms with Crippen LogP contribution in [0.25, 0.3) is 0 Å². The number of Topliss-reactive ketones (excluding diaryl/α,β-unsaturated/α-hetero) is 1. The van der Waals surface area contributed by atoms with Gasteiger partial charge in [-0.15, -0.1) is 0 Å². The predicted octanol–water partition coefficient (Wildman–Crippen LogP) is 3.86. The van der Waals surface area contributed by atoms with E-state index >= 15 is 0 Å². The third kappa shape index (κ3) is 1.82. The molecule has 0 aromatic carbocycles. The van der Waals surface area contributed by atoms with Gasteiger partial charge in [0.15, 0.2) is 11.5 Å². The van der Waals surface area contributed by atoms with Crippen LogP contribution in [0.2, 0.25) is 0 Å². The summed E-state index contributed by atoms with van der Waals surface area (Å²) in [6.45, 7) is 9.42. The molecule has 170 valence electrons. The first-order chi connectivity index (χ1) is 14.9. The van der Waals surface area contributed by atoms with E-state index in [1.54, 1.807) is 38.5 Å². The summed E-state index contributed by atoms with van der Waals surface area (Å²) in [5, 5.41) is 23.1. The molecule has 1 aromatic rings. The van der Waals surface area contributed by atoms with Crippen molar-refractivity contribution in [2.75, 3.05) is 0 Å². The fourth-order valence-corrected chi connectivity index (χ4v) is 8.95. The maximum atomic E-state index is 14.1. The number of ketones is 2. The van der Waals surface area contributed by atoms with E-state index in [0.29, 0.717) is 12.0 Å². The van der Waals surface area contributed by atoms with Crippen molar-refractivity contribution in [3.05, 3.63) is 47.6 Å². The van der Waals surface area contributed by atoms with Crippen LogP contribution in [-0.2, 0) is 14.3 Å². The molecule has 6 rings (SSSR count). The number of fused-ring (bicyclic) bond motifs is 3. The van der Waals surface area contributed by atoms with Gasteiger partial charge in [-0.05, 0) is 62.8 Å². The van der Waals surface area contributed by atoms with Gasteiger partial charge in [0.2, 0.25) is 5.78 Å². The van der Waals surface area contributed by atoms with Crippen LogP contribution < -0.4 is 0 Å². The Labute approximate surface area is 187 Å². The van der Waals surface area contributed by atoms with Crippen LogP contribution in [0.1, 0.15) is 58.9 Å². The van der Waals surface area contributed by atoms with Crippen molar-refractivity contribution in [3.63, 3.8) is 0 Å². The van der Waals surface area contributed by atoms with Crippen molar-refractivity contribution in [2.45, 2.75) is 71.2 Å². The molecule has 2 N–H and O–H groups in total. The minimum absolute atomic E-state index is 0.0838. The molecule has 0 radical (unpaired) electrons. The maximum absolute atomic E-state index is 14.1. The number of epoxide rings is 1. The van der Waals surface area contributed by atoms with Gasteiger partial charge in [0, 0.05) is 16.7 Å². The molecular weight excluding hydrogens is 408 g/mol. The SMILES string of the molecule is CC1(C)C(=O)C=C[C@@]2(C)C1=C(O)C(=O)C1(C)[C@@H]2[C@@H](O)C[C@@]2(C)[C@H](c3ccoc3)C[C@@H]3O[C@@]312. The second kappa shape index (κ2) is 5.48. The van der Waals surface area contributed by atoms with Gasteiger partial charge < -0.3 is 19.4 Å². The molecule has 32 heavy (non-hydrogen) atoms. The van der Waals surface area contributed by atoms with Gasteiger partial charge in [0.25, 0.3) is 0 Å². The lowest BCUT2D eigenvalue weighted by molar-refractivity contribution is -0.187. The zero-order chi connectivity index (χ0) is 23.1. The maximum Gasteiger partial charge on any atom is 0.206 e. The first kappa shape index (κ1) is 20.4. The summed E-state index contributed by atoms with van der Waals surface area (Å²) in [5.74, 6) is -1.33. The van der Waals surface area contributed by atoms with Gasteiger partial charge in [-0.3, -0.25) is 9.59 Å². The van der Waals surface area contributed by atoms with Crippen molar-refractivity contribution in [1.82, 2.24) is 0 Å². The quantitative estimate of drug-likeness (QED) is 0.646. The molecule has 2 saturated carbocycles. The summed E-state index contributed by atoms with van der Waals surface area (Å²) < 4.78 is 11.8. The molecule has 0 bridgehead atoms. The molecule has 0 amide bonds. The van der Waals surface area contributed by atoms with Gasteiger partial charge >= 0.3 is 0 Å². The summed E-state index contributed by atoms with van der Waals surface area (Å²) in [6.07, 6.45) is 7.02. The standard InChI is InChI=1S/C26H30O6/c1-22(2)16(28)6-8-23(3)19-15(27)11-24(4)14(13-7-9-31-12-13)10-17-26(24,32-17)25(19,5)21(30)18(29)20(22)23/h6-9,12,14-15,17,19,27,29H,10-11H2,1-5H3/t14-,15-,17-,19+,23+,24-,25?,26+/m0/s1. The van der Waals surface area contributed by atoms with Crippen molar-refractivity contribution < 1.29 is 29.0 Å². The molecular formula is C26H30O6. The molecule has 3 fully saturated rings. The number of ether oxygens (including phenoxy) is 1. The fourth-order valence-electron chi connectivity index (χ4n) is 8.95. The molecule has 5 aliphatic rings. The average molecular weight is 439 g/mol. The Morgan fingerprint density at radius 2 is 1.84 bits per heavy atom. The van der Waals surface area contributed by atoms with Gasteiger partial charge in [-0.1, -0.05) is 19.9 Å². The molecule has 2 heterocycles. The summed E-state index contributed by atoms with van der Waals surface area (Å²) in [5.41, 5.74) is -2.82. The Morgan fingerprint density at radius 3 is 2.50 bits per heavy atom. The van der Waals surface area contributed by atoms with Crippen molar-refractivity contribution in [1.29, 1.82) is 0 Å². The topological polar surface area (TPSA) is 100 Å². The largest absolute Gasteiger partial charge is 0.504 e. The van der Waals surface area contributed by atoms with E-state index in [1.165, 1.54) is 0 Å². The molecule has 1 unspecified atom stereocenters. The highest BCUT2D eigenvalue weighted by atomic mass is 16.6. The van der Waals surface area contributed by atoms with Crippen LogP contribution in [0.5, 0.6) is 0 Å². The number of aliphatic hydroxyl groups excluding tert-OH is 2. The Bertz CT molecular complexity index is 1130. The van der Waals surface area contributed by atoms with E-state index in [9.17, 15) is 19.8 Å². The lowest BCUT2D eigenvalue weighted by atomic mass is 9.38. The molecule has 1 aromatic heterocycles. The van der Waals surface area contributed by atoms with Crippen LogP contribution in [-0.4, -0.2) is 39.6 Å². The minimum atomic E-state index is -1.13. The Hall–Kier alpha value is -2.18. The predicted molar refractivity (Wildman–Crippen MR) is 115 cm³/mol. The van der Waals surface area contributed by atoms with Crippen LogP contribution >= 0.6 is 0 Å². The number of carbonyl (C=O) groups is 2. The number of hydrogen-bond acceptors (Lipinski definition) is 6. The zero-order valence-corrected chi connectivity index (χ0v) is 19.1. The number of carbonyl (C=O) groups excluding carboxylic acids is 2. The third-order valence-electron chi connectivity index (χ3n) is 10.1. The number of furan rings is 1. The number of allylic oxidation sites excluding steroid dienone is 4. The second-order valence-electron chi connectivity index (χ2n) is 11.7. The lowest BCUT2D eigenvalue weighted by Crippen LogP contribution is -2.70. The highest BCUT2D eigenvalue weighted by Crippen LogP contribution is 2.81. The zero-order valence-electron chi connectivity index (χ0n) is 19.1. The van der Waals surface area contributed by atoms with E-state index < -0.39 is 45.1 Å². The van der Waals surface area contributed by atoms with Crippen LogP contribution in [0, 0.1) is 27.6 Å². The molecule has 4 aliphatic carbocycles. The number of rotatable bonds is 1. The summed E-state index contributed by atoms with van der Waals surface area (Å²) in [6, 6.07) is 1.95. The normalized spacial score (nSPS) is 50.6. The summed E-state index contributed by atoms with van der Waals surface area (Å²) >= 11 is 0. The first-order valence-corrected chi connectivity index (χ1v) is 11.5.